The normalized spacial score (nSPS) is 10.5. The third-order valence-electron chi connectivity index (χ3n) is 2.55. The van der Waals surface area contributed by atoms with Crippen LogP contribution < -0.4 is 4.74 Å². The lowest BCUT2D eigenvalue weighted by Crippen LogP contribution is -1.99. The Kier molecular flexibility index (Phi) is 4.53. The number of halogens is 2. The van der Waals surface area contributed by atoms with E-state index < -0.39 is 0 Å². The summed E-state index contributed by atoms with van der Waals surface area (Å²) < 4.78 is 5.59. The van der Waals surface area contributed by atoms with E-state index in [0.717, 1.165) is 5.56 Å². The summed E-state index contributed by atoms with van der Waals surface area (Å²) in [6.07, 6.45) is 0. The molecule has 2 rings (SSSR count). The van der Waals surface area contributed by atoms with E-state index >= 15 is 0 Å². The smallest absolute Gasteiger partial charge is 0.144 e. The van der Waals surface area contributed by atoms with E-state index in [2.05, 4.69) is 0 Å². The Labute approximate surface area is 121 Å². The van der Waals surface area contributed by atoms with E-state index in [1.165, 1.54) is 0 Å². The van der Waals surface area contributed by atoms with Crippen LogP contribution in [0.5, 0.6) is 11.5 Å². The Morgan fingerprint density at radius 1 is 1.11 bits per heavy atom. The monoisotopic (exact) mass is 298 g/mol. The van der Waals surface area contributed by atoms with Gasteiger partial charge in [-0.3, -0.25) is 0 Å². The SMILES string of the molecule is OCc1cc(Cl)cc(Cl)c1OCc1cccc(O)c1. The molecule has 0 atom stereocenters. The first-order chi connectivity index (χ1) is 9.10. The lowest BCUT2D eigenvalue weighted by Gasteiger charge is -2.12. The minimum absolute atomic E-state index is 0.172. The van der Waals surface area contributed by atoms with Crippen molar-refractivity contribution in [3.63, 3.8) is 0 Å². The van der Waals surface area contributed by atoms with Crippen LogP contribution in [-0.2, 0) is 13.2 Å². The van der Waals surface area contributed by atoms with Gasteiger partial charge in [0.15, 0.2) is 0 Å². The van der Waals surface area contributed by atoms with Crippen molar-refractivity contribution < 1.29 is 14.9 Å². The van der Waals surface area contributed by atoms with E-state index in [0.29, 0.717) is 21.4 Å². The Balaban J connectivity index is 2.19. The van der Waals surface area contributed by atoms with Gasteiger partial charge in [-0.05, 0) is 29.8 Å². The van der Waals surface area contributed by atoms with Crippen LogP contribution in [0.25, 0.3) is 0 Å². The summed E-state index contributed by atoms with van der Waals surface area (Å²) in [5.74, 6) is 0.572. The molecule has 3 nitrogen and oxygen atoms in total. The van der Waals surface area contributed by atoms with Gasteiger partial charge in [-0.15, -0.1) is 0 Å². The number of rotatable bonds is 4. The van der Waals surface area contributed by atoms with Crippen LogP contribution >= 0.6 is 23.2 Å². The summed E-state index contributed by atoms with van der Waals surface area (Å²) in [4.78, 5) is 0. The fourth-order valence-corrected chi connectivity index (χ4v) is 2.28. The largest absolute Gasteiger partial charge is 0.508 e. The van der Waals surface area contributed by atoms with Gasteiger partial charge in [0.25, 0.3) is 0 Å². The molecule has 5 heteroatoms. The van der Waals surface area contributed by atoms with E-state index in [4.69, 9.17) is 27.9 Å². The average Bonchev–Trinajstić information content (AvgIpc) is 2.37. The highest BCUT2D eigenvalue weighted by Crippen LogP contribution is 2.33. The van der Waals surface area contributed by atoms with Gasteiger partial charge in [0.1, 0.15) is 18.1 Å². The molecule has 0 spiro atoms. The van der Waals surface area contributed by atoms with Crippen molar-refractivity contribution >= 4 is 23.2 Å². The lowest BCUT2D eigenvalue weighted by atomic mass is 10.2. The molecule has 0 saturated heterocycles. The number of benzene rings is 2. The van der Waals surface area contributed by atoms with Crippen molar-refractivity contribution in [3.8, 4) is 11.5 Å². The average molecular weight is 299 g/mol. The zero-order valence-electron chi connectivity index (χ0n) is 9.94. The van der Waals surface area contributed by atoms with E-state index in [9.17, 15) is 10.2 Å². The molecular weight excluding hydrogens is 287 g/mol. The second kappa shape index (κ2) is 6.15. The maximum atomic E-state index is 9.36. The van der Waals surface area contributed by atoms with Crippen molar-refractivity contribution in [2.24, 2.45) is 0 Å². The molecule has 19 heavy (non-hydrogen) atoms. The number of aliphatic hydroxyl groups is 1. The lowest BCUT2D eigenvalue weighted by molar-refractivity contribution is 0.259. The molecule has 0 saturated carbocycles. The highest BCUT2D eigenvalue weighted by atomic mass is 35.5. The quantitative estimate of drug-likeness (QED) is 0.903. The maximum absolute atomic E-state index is 9.36. The first-order valence-corrected chi connectivity index (χ1v) is 6.35. The molecule has 2 aromatic carbocycles. The van der Waals surface area contributed by atoms with Crippen LogP contribution in [0.4, 0.5) is 0 Å². The number of hydrogen-bond donors (Lipinski definition) is 2. The first kappa shape index (κ1) is 14.0. The summed E-state index contributed by atoms with van der Waals surface area (Å²) in [7, 11) is 0. The molecule has 0 fully saturated rings. The summed E-state index contributed by atoms with van der Waals surface area (Å²) in [6.45, 7) is 0.0262. The van der Waals surface area contributed by atoms with Gasteiger partial charge in [0.05, 0.1) is 11.6 Å². The third-order valence-corrected chi connectivity index (χ3v) is 3.05. The number of phenolic OH excluding ortho intramolecular Hbond substituents is 1. The highest BCUT2D eigenvalue weighted by Gasteiger charge is 2.10. The van der Waals surface area contributed by atoms with Crippen LogP contribution in [0.15, 0.2) is 36.4 Å². The van der Waals surface area contributed by atoms with E-state index in [1.54, 1.807) is 30.3 Å². The summed E-state index contributed by atoms with van der Waals surface area (Å²) in [6, 6.07) is 9.89. The molecule has 0 aromatic heterocycles. The van der Waals surface area contributed by atoms with Gasteiger partial charge < -0.3 is 14.9 Å². The van der Waals surface area contributed by atoms with Crippen LogP contribution in [-0.4, -0.2) is 10.2 Å². The van der Waals surface area contributed by atoms with Crippen LogP contribution in [0.2, 0.25) is 10.0 Å². The van der Waals surface area contributed by atoms with Gasteiger partial charge in [0, 0.05) is 10.6 Å². The number of hydrogen-bond acceptors (Lipinski definition) is 3. The van der Waals surface area contributed by atoms with Gasteiger partial charge >= 0.3 is 0 Å². The minimum Gasteiger partial charge on any atom is -0.508 e. The van der Waals surface area contributed by atoms with Crippen molar-refractivity contribution in [2.75, 3.05) is 0 Å². The molecular formula is C14H12Cl2O3. The van der Waals surface area contributed by atoms with Crippen LogP contribution in [0.3, 0.4) is 0 Å². The van der Waals surface area contributed by atoms with Crippen molar-refractivity contribution in [2.45, 2.75) is 13.2 Å². The molecule has 0 aliphatic heterocycles. The first-order valence-electron chi connectivity index (χ1n) is 5.59. The molecule has 0 radical (unpaired) electrons. The van der Waals surface area contributed by atoms with Gasteiger partial charge in [0.2, 0.25) is 0 Å². The van der Waals surface area contributed by atoms with E-state index in [1.807, 2.05) is 6.07 Å². The van der Waals surface area contributed by atoms with Gasteiger partial charge in [-0.2, -0.15) is 0 Å². The molecule has 2 aromatic rings. The fraction of sp³-hybridized carbons (Fsp3) is 0.143. The topological polar surface area (TPSA) is 49.7 Å². The molecule has 0 unspecified atom stereocenters. The maximum Gasteiger partial charge on any atom is 0.144 e. The number of phenols is 1. The number of aromatic hydroxyl groups is 1. The predicted octanol–water partition coefficient (Wildman–Crippen LogP) is 3.77. The molecule has 0 amide bonds. The molecule has 100 valence electrons. The molecule has 0 aliphatic rings. The molecule has 0 heterocycles. The number of aliphatic hydroxyl groups excluding tert-OH is 1. The Morgan fingerprint density at radius 3 is 2.58 bits per heavy atom. The summed E-state index contributed by atoms with van der Waals surface area (Å²) in [5.41, 5.74) is 1.33. The standard InChI is InChI=1S/C14H12Cl2O3/c15-11-5-10(7-17)14(13(16)6-11)19-8-9-2-1-3-12(18)4-9/h1-6,17-18H,7-8H2. The van der Waals surface area contributed by atoms with Gasteiger partial charge in [-0.1, -0.05) is 35.3 Å². The van der Waals surface area contributed by atoms with Crippen LogP contribution in [0, 0.1) is 0 Å². The predicted molar refractivity (Wildman–Crippen MR) is 74.8 cm³/mol. The van der Waals surface area contributed by atoms with Crippen molar-refractivity contribution in [1.82, 2.24) is 0 Å². The third kappa shape index (κ3) is 3.53. The molecule has 0 bridgehead atoms. The minimum atomic E-state index is -0.213. The van der Waals surface area contributed by atoms with E-state index in [-0.39, 0.29) is 19.0 Å². The summed E-state index contributed by atoms with van der Waals surface area (Å²) >= 11 is 11.9. The van der Waals surface area contributed by atoms with Crippen LogP contribution in [0.1, 0.15) is 11.1 Å². The van der Waals surface area contributed by atoms with Crippen molar-refractivity contribution in [1.29, 1.82) is 0 Å². The number of ether oxygens (including phenoxy) is 1. The Bertz CT molecular complexity index is 585. The molecule has 0 aliphatic carbocycles. The fourth-order valence-electron chi connectivity index (χ4n) is 1.69. The Hall–Kier alpha value is -1.42. The Morgan fingerprint density at radius 2 is 1.89 bits per heavy atom. The van der Waals surface area contributed by atoms with Crippen molar-refractivity contribution in [3.05, 3.63) is 57.6 Å². The summed E-state index contributed by atoms with van der Waals surface area (Å²) in [5, 5.41) is 19.4. The zero-order chi connectivity index (χ0) is 13.8. The molecule has 2 N–H and O–H groups in total. The second-order valence-electron chi connectivity index (χ2n) is 3.99. The highest BCUT2D eigenvalue weighted by molar-refractivity contribution is 6.35. The van der Waals surface area contributed by atoms with Gasteiger partial charge in [-0.25, -0.2) is 0 Å². The second-order valence-corrected chi connectivity index (χ2v) is 4.84. The zero-order valence-corrected chi connectivity index (χ0v) is 11.4.